The SMILES string of the molecule is CCCCCCC(C)c1noc(CCl)n1. The maximum absolute atomic E-state index is 5.59. The minimum atomic E-state index is 0.301. The van der Waals surface area contributed by atoms with Crippen molar-refractivity contribution in [3.05, 3.63) is 11.7 Å². The topological polar surface area (TPSA) is 38.9 Å². The van der Waals surface area contributed by atoms with Gasteiger partial charge in [0, 0.05) is 5.92 Å². The minimum absolute atomic E-state index is 0.301. The van der Waals surface area contributed by atoms with Gasteiger partial charge in [-0.25, -0.2) is 0 Å². The summed E-state index contributed by atoms with van der Waals surface area (Å²) in [7, 11) is 0. The van der Waals surface area contributed by atoms with Crippen molar-refractivity contribution in [1.29, 1.82) is 0 Å². The molecule has 1 rings (SSSR count). The number of aromatic nitrogens is 2. The van der Waals surface area contributed by atoms with Crippen molar-refractivity contribution >= 4 is 11.6 Å². The summed E-state index contributed by atoms with van der Waals surface area (Å²) >= 11 is 5.59. The molecule has 0 aliphatic rings. The zero-order valence-corrected chi connectivity index (χ0v) is 10.3. The predicted molar refractivity (Wildman–Crippen MR) is 61.0 cm³/mol. The van der Waals surface area contributed by atoms with Crippen LogP contribution in [0.4, 0.5) is 0 Å². The van der Waals surface area contributed by atoms with Crippen molar-refractivity contribution < 1.29 is 4.52 Å². The molecule has 1 aromatic rings. The molecule has 1 heterocycles. The Morgan fingerprint density at radius 2 is 2.13 bits per heavy atom. The molecule has 0 saturated carbocycles. The van der Waals surface area contributed by atoms with Gasteiger partial charge in [0.25, 0.3) is 0 Å². The maximum Gasteiger partial charge on any atom is 0.241 e. The first-order valence-corrected chi connectivity index (χ1v) is 6.19. The van der Waals surface area contributed by atoms with E-state index in [1.807, 2.05) is 0 Å². The zero-order valence-electron chi connectivity index (χ0n) is 9.50. The van der Waals surface area contributed by atoms with Crippen molar-refractivity contribution in [1.82, 2.24) is 10.1 Å². The fourth-order valence-corrected chi connectivity index (χ4v) is 1.64. The van der Waals surface area contributed by atoms with Gasteiger partial charge >= 0.3 is 0 Å². The molecule has 0 aromatic carbocycles. The first kappa shape index (κ1) is 12.5. The summed E-state index contributed by atoms with van der Waals surface area (Å²) in [5, 5.41) is 3.92. The largest absolute Gasteiger partial charge is 0.338 e. The first-order valence-electron chi connectivity index (χ1n) is 5.66. The number of alkyl halides is 1. The molecule has 15 heavy (non-hydrogen) atoms. The molecule has 0 fully saturated rings. The summed E-state index contributed by atoms with van der Waals surface area (Å²) < 4.78 is 4.97. The summed E-state index contributed by atoms with van der Waals surface area (Å²) in [6.07, 6.45) is 6.24. The van der Waals surface area contributed by atoms with Crippen molar-refractivity contribution in [3.63, 3.8) is 0 Å². The van der Waals surface area contributed by atoms with Crippen LogP contribution in [-0.4, -0.2) is 10.1 Å². The van der Waals surface area contributed by atoms with E-state index in [2.05, 4.69) is 24.0 Å². The summed E-state index contributed by atoms with van der Waals surface area (Å²) in [6, 6.07) is 0. The summed E-state index contributed by atoms with van der Waals surface area (Å²) in [6.45, 7) is 4.35. The van der Waals surface area contributed by atoms with E-state index in [0.717, 1.165) is 12.2 Å². The molecule has 86 valence electrons. The molecule has 0 amide bonds. The van der Waals surface area contributed by atoms with Gasteiger partial charge in [-0.05, 0) is 6.42 Å². The van der Waals surface area contributed by atoms with E-state index in [1.165, 1.54) is 25.7 Å². The third-order valence-electron chi connectivity index (χ3n) is 2.53. The van der Waals surface area contributed by atoms with Gasteiger partial charge in [0.05, 0.1) is 0 Å². The van der Waals surface area contributed by atoms with Crippen LogP contribution in [-0.2, 0) is 5.88 Å². The summed E-state index contributed by atoms with van der Waals surface area (Å²) in [5.41, 5.74) is 0. The van der Waals surface area contributed by atoms with Gasteiger partial charge in [0.2, 0.25) is 5.89 Å². The van der Waals surface area contributed by atoms with Crippen LogP contribution in [0.3, 0.4) is 0 Å². The Labute approximate surface area is 96.2 Å². The second-order valence-corrected chi connectivity index (χ2v) is 4.20. The van der Waals surface area contributed by atoms with Crippen molar-refractivity contribution in [2.45, 2.75) is 57.7 Å². The molecule has 0 bridgehead atoms. The Morgan fingerprint density at radius 1 is 1.33 bits per heavy atom. The fourth-order valence-electron chi connectivity index (χ4n) is 1.53. The molecule has 3 nitrogen and oxygen atoms in total. The molecule has 0 aliphatic heterocycles. The molecule has 0 radical (unpaired) electrons. The predicted octanol–water partition coefficient (Wildman–Crippen LogP) is 3.88. The lowest BCUT2D eigenvalue weighted by molar-refractivity contribution is 0.379. The van der Waals surface area contributed by atoms with Crippen molar-refractivity contribution in [2.75, 3.05) is 0 Å². The van der Waals surface area contributed by atoms with Gasteiger partial charge in [-0.3, -0.25) is 0 Å². The number of hydrogen-bond acceptors (Lipinski definition) is 3. The van der Waals surface area contributed by atoms with Gasteiger partial charge in [-0.1, -0.05) is 44.7 Å². The molecule has 0 N–H and O–H groups in total. The minimum Gasteiger partial charge on any atom is -0.338 e. The molecule has 1 unspecified atom stereocenters. The van der Waals surface area contributed by atoms with Crippen LogP contribution in [0.2, 0.25) is 0 Å². The number of rotatable bonds is 7. The molecule has 1 aromatic heterocycles. The van der Waals surface area contributed by atoms with Crippen molar-refractivity contribution in [3.8, 4) is 0 Å². The normalized spacial score (nSPS) is 13.0. The smallest absolute Gasteiger partial charge is 0.241 e. The highest BCUT2D eigenvalue weighted by molar-refractivity contribution is 6.16. The zero-order chi connectivity index (χ0) is 11.1. The van der Waals surface area contributed by atoms with Crippen LogP contribution in [0.5, 0.6) is 0 Å². The molecule has 4 heteroatoms. The first-order chi connectivity index (χ1) is 7.27. The van der Waals surface area contributed by atoms with Crippen LogP contribution in [0.15, 0.2) is 4.52 Å². The molecule has 0 spiro atoms. The number of halogens is 1. The Hall–Kier alpha value is -0.570. The van der Waals surface area contributed by atoms with Gasteiger partial charge in [0.15, 0.2) is 5.82 Å². The second kappa shape index (κ2) is 6.83. The Morgan fingerprint density at radius 3 is 2.73 bits per heavy atom. The van der Waals surface area contributed by atoms with E-state index in [4.69, 9.17) is 16.1 Å². The summed E-state index contributed by atoms with van der Waals surface area (Å²) in [5.74, 6) is 1.99. The van der Waals surface area contributed by atoms with Crippen LogP contribution < -0.4 is 0 Å². The molecular formula is C11H19ClN2O. The monoisotopic (exact) mass is 230 g/mol. The fraction of sp³-hybridized carbons (Fsp3) is 0.818. The van der Waals surface area contributed by atoms with E-state index in [1.54, 1.807) is 0 Å². The molecular weight excluding hydrogens is 212 g/mol. The Balaban J connectivity index is 2.29. The van der Waals surface area contributed by atoms with Gasteiger partial charge < -0.3 is 4.52 Å². The van der Waals surface area contributed by atoms with Crippen molar-refractivity contribution in [2.24, 2.45) is 0 Å². The Kier molecular flexibility index (Phi) is 5.69. The van der Waals surface area contributed by atoms with E-state index in [-0.39, 0.29) is 0 Å². The average Bonchev–Trinajstić information content (AvgIpc) is 2.72. The molecule has 1 atom stereocenters. The average molecular weight is 231 g/mol. The van der Waals surface area contributed by atoms with Gasteiger partial charge in [-0.15, -0.1) is 11.6 Å². The van der Waals surface area contributed by atoms with Crippen LogP contribution in [0, 0.1) is 0 Å². The quantitative estimate of drug-likeness (QED) is 0.527. The number of hydrogen-bond donors (Lipinski definition) is 0. The Bertz CT molecular complexity index is 275. The van der Waals surface area contributed by atoms with Crippen LogP contribution in [0.25, 0.3) is 0 Å². The number of unbranched alkanes of at least 4 members (excludes halogenated alkanes) is 3. The highest BCUT2D eigenvalue weighted by Crippen LogP contribution is 2.19. The van der Waals surface area contributed by atoms with E-state index >= 15 is 0 Å². The molecule has 0 saturated heterocycles. The van der Waals surface area contributed by atoms with E-state index in [0.29, 0.717) is 17.7 Å². The lowest BCUT2D eigenvalue weighted by atomic mass is 10.0. The third-order valence-corrected chi connectivity index (χ3v) is 2.76. The summed E-state index contributed by atoms with van der Waals surface area (Å²) in [4.78, 5) is 4.22. The highest BCUT2D eigenvalue weighted by atomic mass is 35.5. The van der Waals surface area contributed by atoms with Crippen LogP contribution in [0.1, 0.15) is 63.6 Å². The lowest BCUT2D eigenvalue weighted by Crippen LogP contribution is -1.96. The second-order valence-electron chi connectivity index (χ2n) is 3.93. The lowest BCUT2D eigenvalue weighted by Gasteiger charge is -2.05. The van der Waals surface area contributed by atoms with Crippen LogP contribution >= 0.6 is 11.6 Å². The standard InChI is InChI=1S/C11H19ClN2O/c1-3-4-5-6-7-9(2)11-13-10(8-12)15-14-11/h9H,3-8H2,1-2H3. The number of nitrogens with zero attached hydrogens (tertiary/aromatic N) is 2. The van der Waals surface area contributed by atoms with Gasteiger partial charge in [-0.2, -0.15) is 4.98 Å². The highest BCUT2D eigenvalue weighted by Gasteiger charge is 2.12. The maximum atomic E-state index is 5.59. The van der Waals surface area contributed by atoms with E-state index < -0.39 is 0 Å². The van der Waals surface area contributed by atoms with Gasteiger partial charge in [0.1, 0.15) is 5.88 Å². The molecule has 0 aliphatic carbocycles. The van der Waals surface area contributed by atoms with E-state index in [9.17, 15) is 0 Å². The third kappa shape index (κ3) is 4.20.